The minimum Gasteiger partial charge on any atom is -0.349 e. The second-order valence-corrected chi connectivity index (χ2v) is 3.86. The third kappa shape index (κ3) is 4.61. The van der Waals surface area contributed by atoms with E-state index in [9.17, 15) is 14.9 Å². The first-order valence-electron chi connectivity index (χ1n) is 5.34. The van der Waals surface area contributed by atoms with Gasteiger partial charge in [0.1, 0.15) is 0 Å². The first-order valence-corrected chi connectivity index (χ1v) is 5.34. The summed E-state index contributed by atoms with van der Waals surface area (Å²) in [6.07, 6.45) is 2.97. The maximum absolute atomic E-state index is 11.3. The molecule has 0 saturated carbocycles. The fraction of sp³-hybridized carbons (Fsp3) is 0.154. The molecule has 0 atom stereocenters. The Morgan fingerprint density at radius 3 is 2.56 bits per heavy atom. The van der Waals surface area contributed by atoms with Gasteiger partial charge in [-0.15, -0.1) is 0 Å². The molecule has 0 saturated heterocycles. The van der Waals surface area contributed by atoms with Crippen LogP contribution in [0.1, 0.15) is 12.5 Å². The number of nitrogens with zero attached hydrogens (tertiary/aromatic N) is 1. The quantitative estimate of drug-likeness (QED) is 0.375. The highest BCUT2D eigenvalue weighted by Crippen LogP contribution is 2.12. The van der Waals surface area contributed by atoms with Crippen molar-refractivity contribution >= 4 is 17.7 Å². The van der Waals surface area contributed by atoms with Crippen molar-refractivity contribution in [2.75, 3.05) is 6.54 Å². The highest BCUT2D eigenvalue weighted by molar-refractivity contribution is 5.91. The van der Waals surface area contributed by atoms with Crippen molar-refractivity contribution in [1.82, 2.24) is 5.32 Å². The molecule has 0 aliphatic carbocycles. The van der Waals surface area contributed by atoms with Gasteiger partial charge in [-0.05, 0) is 30.7 Å². The molecule has 0 spiro atoms. The molecule has 1 amide bonds. The van der Waals surface area contributed by atoms with Gasteiger partial charge in [-0.3, -0.25) is 14.9 Å². The zero-order chi connectivity index (χ0) is 13.5. The summed E-state index contributed by atoms with van der Waals surface area (Å²) in [7, 11) is 0. The van der Waals surface area contributed by atoms with E-state index >= 15 is 0 Å². The monoisotopic (exact) mass is 246 g/mol. The maximum atomic E-state index is 11.3. The predicted octanol–water partition coefficient (Wildman–Crippen LogP) is 2.30. The Morgan fingerprint density at radius 1 is 1.44 bits per heavy atom. The Kier molecular flexibility index (Phi) is 4.80. The van der Waals surface area contributed by atoms with Gasteiger partial charge in [0.2, 0.25) is 5.91 Å². The SMILES string of the molecule is C=C(C)CNC(=O)/C=C/c1ccc([N+](=O)[O-])cc1. The first kappa shape index (κ1) is 13.6. The maximum Gasteiger partial charge on any atom is 0.269 e. The van der Waals surface area contributed by atoms with Crippen LogP contribution in [-0.4, -0.2) is 17.4 Å². The molecular formula is C13H14N2O3. The summed E-state index contributed by atoms with van der Waals surface area (Å²) in [5.74, 6) is -0.226. The van der Waals surface area contributed by atoms with Crippen LogP contribution in [0, 0.1) is 10.1 Å². The number of hydrogen-bond acceptors (Lipinski definition) is 3. The molecule has 1 aromatic carbocycles. The van der Waals surface area contributed by atoms with Crippen molar-refractivity contribution < 1.29 is 9.72 Å². The van der Waals surface area contributed by atoms with Crippen LogP contribution in [0.5, 0.6) is 0 Å². The lowest BCUT2D eigenvalue weighted by Gasteiger charge is -1.99. The molecular weight excluding hydrogens is 232 g/mol. The molecule has 1 aromatic rings. The zero-order valence-electron chi connectivity index (χ0n) is 10.1. The average molecular weight is 246 g/mol. The van der Waals surface area contributed by atoms with Crippen LogP contribution in [0.4, 0.5) is 5.69 Å². The summed E-state index contributed by atoms with van der Waals surface area (Å²) >= 11 is 0. The molecule has 5 heteroatoms. The Labute approximate surface area is 105 Å². The van der Waals surface area contributed by atoms with E-state index in [2.05, 4.69) is 11.9 Å². The van der Waals surface area contributed by atoms with E-state index in [0.29, 0.717) is 6.54 Å². The smallest absolute Gasteiger partial charge is 0.269 e. The normalized spacial score (nSPS) is 10.3. The molecule has 1 N–H and O–H groups in total. The molecule has 0 unspecified atom stereocenters. The van der Waals surface area contributed by atoms with E-state index in [1.165, 1.54) is 18.2 Å². The number of non-ortho nitro benzene ring substituents is 1. The van der Waals surface area contributed by atoms with Gasteiger partial charge in [0.25, 0.3) is 5.69 Å². The Bertz CT molecular complexity index is 489. The minimum atomic E-state index is -0.465. The van der Waals surface area contributed by atoms with Crippen molar-refractivity contribution in [3.8, 4) is 0 Å². The molecule has 18 heavy (non-hydrogen) atoms. The van der Waals surface area contributed by atoms with Crippen LogP contribution in [0.15, 0.2) is 42.5 Å². The Balaban J connectivity index is 2.58. The van der Waals surface area contributed by atoms with E-state index < -0.39 is 4.92 Å². The molecule has 0 heterocycles. The van der Waals surface area contributed by atoms with Crippen molar-refractivity contribution in [3.05, 3.63) is 58.2 Å². The topological polar surface area (TPSA) is 72.2 Å². The summed E-state index contributed by atoms with van der Waals surface area (Å²) in [5.41, 5.74) is 1.62. The Morgan fingerprint density at radius 2 is 2.06 bits per heavy atom. The lowest BCUT2D eigenvalue weighted by molar-refractivity contribution is -0.384. The van der Waals surface area contributed by atoms with Crippen LogP contribution in [0.25, 0.3) is 6.08 Å². The van der Waals surface area contributed by atoms with Crippen molar-refractivity contribution in [2.45, 2.75) is 6.92 Å². The number of rotatable bonds is 5. The van der Waals surface area contributed by atoms with Crippen LogP contribution in [-0.2, 0) is 4.79 Å². The lowest BCUT2D eigenvalue weighted by Crippen LogP contribution is -2.22. The molecule has 0 bridgehead atoms. The summed E-state index contributed by atoms with van der Waals surface area (Å²) in [6, 6.07) is 5.96. The van der Waals surface area contributed by atoms with Crippen LogP contribution in [0.2, 0.25) is 0 Å². The number of nitro benzene ring substituents is 1. The van der Waals surface area contributed by atoms with E-state index in [-0.39, 0.29) is 11.6 Å². The predicted molar refractivity (Wildman–Crippen MR) is 70.0 cm³/mol. The molecule has 5 nitrogen and oxygen atoms in total. The Hall–Kier alpha value is -2.43. The zero-order valence-corrected chi connectivity index (χ0v) is 10.1. The van der Waals surface area contributed by atoms with Crippen molar-refractivity contribution in [3.63, 3.8) is 0 Å². The van der Waals surface area contributed by atoms with Gasteiger partial charge in [0, 0.05) is 24.8 Å². The van der Waals surface area contributed by atoms with Gasteiger partial charge in [0.05, 0.1) is 4.92 Å². The lowest BCUT2D eigenvalue weighted by atomic mass is 10.2. The van der Waals surface area contributed by atoms with Crippen molar-refractivity contribution in [1.29, 1.82) is 0 Å². The van der Waals surface area contributed by atoms with Crippen LogP contribution < -0.4 is 5.32 Å². The highest BCUT2D eigenvalue weighted by atomic mass is 16.6. The second kappa shape index (κ2) is 6.34. The number of carbonyl (C=O) groups excluding carboxylic acids is 1. The molecule has 0 radical (unpaired) electrons. The van der Waals surface area contributed by atoms with Crippen LogP contribution >= 0.6 is 0 Å². The van der Waals surface area contributed by atoms with Gasteiger partial charge in [-0.25, -0.2) is 0 Å². The van der Waals surface area contributed by atoms with Crippen molar-refractivity contribution in [2.24, 2.45) is 0 Å². The average Bonchev–Trinajstić information content (AvgIpc) is 2.34. The molecule has 0 fully saturated rings. The molecule has 94 valence electrons. The second-order valence-electron chi connectivity index (χ2n) is 3.86. The van der Waals surface area contributed by atoms with Gasteiger partial charge in [0.15, 0.2) is 0 Å². The number of nitro groups is 1. The number of hydrogen-bond donors (Lipinski definition) is 1. The number of nitrogens with one attached hydrogen (secondary N) is 1. The van der Waals surface area contributed by atoms with E-state index in [4.69, 9.17) is 0 Å². The van der Waals surface area contributed by atoms with Crippen LogP contribution in [0.3, 0.4) is 0 Å². The van der Waals surface area contributed by atoms with Gasteiger partial charge >= 0.3 is 0 Å². The summed E-state index contributed by atoms with van der Waals surface area (Å²) in [4.78, 5) is 21.3. The minimum absolute atomic E-state index is 0.0267. The molecule has 1 rings (SSSR count). The van der Waals surface area contributed by atoms with E-state index in [0.717, 1.165) is 11.1 Å². The van der Waals surface area contributed by atoms with Gasteiger partial charge in [-0.2, -0.15) is 0 Å². The number of benzene rings is 1. The summed E-state index contributed by atoms with van der Waals surface area (Å²) < 4.78 is 0. The third-order valence-corrected chi connectivity index (χ3v) is 2.10. The number of amides is 1. The fourth-order valence-electron chi connectivity index (χ4n) is 1.18. The standard InChI is InChI=1S/C13H14N2O3/c1-10(2)9-14-13(16)8-5-11-3-6-12(7-4-11)15(17)18/h3-8H,1,9H2,2H3,(H,14,16)/b8-5+. The van der Waals surface area contributed by atoms with E-state index in [1.54, 1.807) is 18.2 Å². The number of carbonyl (C=O) groups is 1. The molecule has 0 aliphatic heterocycles. The van der Waals surface area contributed by atoms with E-state index in [1.807, 2.05) is 6.92 Å². The third-order valence-electron chi connectivity index (χ3n) is 2.10. The molecule has 0 aliphatic rings. The largest absolute Gasteiger partial charge is 0.349 e. The summed E-state index contributed by atoms with van der Waals surface area (Å²) in [6.45, 7) is 5.92. The summed E-state index contributed by atoms with van der Waals surface area (Å²) in [5, 5.41) is 13.1. The first-order chi connectivity index (χ1) is 8.49. The van der Waals surface area contributed by atoms with Gasteiger partial charge in [-0.1, -0.05) is 12.2 Å². The molecule has 0 aromatic heterocycles. The highest BCUT2D eigenvalue weighted by Gasteiger charge is 2.02. The van der Waals surface area contributed by atoms with Gasteiger partial charge < -0.3 is 5.32 Å². The fourth-order valence-corrected chi connectivity index (χ4v) is 1.18.